The largest absolute Gasteiger partial charge is 0.338 e. The van der Waals surface area contributed by atoms with E-state index in [0.717, 1.165) is 29.0 Å². The van der Waals surface area contributed by atoms with Crippen LogP contribution in [-0.2, 0) is 17.9 Å². The molecule has 0 saturated carbocycles. The number of allylic oxidation sites excluding steroid dienone is 1. The Hall–Kier alpha value is -3.66. The molecule has 1 unspecified atom stereocenters. The van der Waals surface area contributed by atoms with Crippen molar-refractivity contribution in [1.29, 1.82) is 0 Å². The first-order valence-electron chi connectivity index (χ1n) is 10.8. The quantitative estimate of drug-likeness (QED) is 0.437. The first-order valence-corrected chi connectivity index (χ1v) is 10.8. The van der Waals surface area contributed by atoms with Crippen molar-refractivity contribution in [3.63, 3.8) is 0 Å². The minimum atomic E-state index is 0.105. The summed E-state index contributed by atoms with van der Waals surface area (Å²) in [5.41, 5.74) is 4.44. The van der Waals surface area contributed by atoms with Gasteiger partial charge in [-0.15, -0.1) is 0 Å². The van der Waals surface area contributed by atoms with Crippen molar-refractivity contribution in [2.24, 2.45) is 0 Å². The molecule has 1 aromatic heterocycles. The zero-order valence-corrected chi connectivity index (χ0v) is 17.4. The maximum Gasteiger partial charge on any atom is 0.223 e. The summed E-state index contributed by atoms with van der Waals surface area (Å²) in [6, 6.07) is 28.7. The molecule has 1 amide bonds. The number of nitrogens with zero attached hydrogens (tertiary/aromatic N) is 3. The van der Waals surface area contributed by atoms with Crippen molar-refractivity contribution in [2.75, 3.05) is 6.54 Å². The molecule has 1 saturated heterocycles. The molecule has 5 rings (SSSR count). The number of rotatable bonds is 6. The van der Waals surface area contributed by atoms with Crippen LogP contribution in [-0.4, -0.2) is 26.9 Å². The van der Waals surface area contributed by atoms with Crippen LogP contribution in [0.2, 0.25) is 0 Å². The fourth-order valence-corrected chi connectivity index (χ4v) is 4.36. The normalized spacial score (nSPS) is 16.6. The Bertz CT molecular complexity index is 1210. The molecule has 154 valence electrons. The van der Waals surface area contributed by atoms with E-state index in [4.69, 9.17) is 4.98 Å². The number of hydrogen-bond donors (Lipinski definition) is 0. The van der Waals surface area contributed by atoms with Crippen LogP contribution in [0.4, 0.5) is 0 Å². The molecule has 0 spiro atoms. The van der Waals surface area contributed by atoms with E-state index in [1.54, 1.807) is 0 Å². The number of carbonyl (C=O) groups is 1. The number of fused-ring (bicyclic) bond motifs is 1. The third-order valence-corrected chi connectivity index (χ3v) is 5.88. The summed E-state index contributed by atoms with van der Waals surface area (Å²) in [6.45, 7) is 2.10. The lowest BCUT2D eigenvalue weighted by Crippen LogP contribution is -2.24. The molecular weight excluding hydrogens is 382 g/mol. The molecule has 31 heavy (non-hydrogen) atoms. The molecule has 2 heterocycles. The van der Waals surface area contributed by atoms with Gasteiger partial charge in [0, 0.05) is 32.0 Å². The Kier molecular flexibility index (Phi) is 5.36. The predicted octanol–water partition coefficient (Wildman–Crippen LogP) is 5.27. The minimum Gasteiger partial charge on any atom is -0.338 e. The van der Waals surface area contributed by atoms with Crippen molar-refractivity contribution >= 4 is 23.0 Å². The van der Waals surface area contributed by atoms with Crippen LogP contribution in [0.15, 0.2) is 91.0 Å². The SMILES string of the molecule is O=C1CC(c2nc3ccccc3n2C/C=C/c2ccccc2)CN1Cc1ccccc1. The highest BCUT2D eigenvalue weighted by Crippen LogP contribution is 2.31. The fourth-order valence-electron chi connectivity index (χ4n) is 4.36. The van der Waals surface area contributed by atoms with Gasteiger partial charge in [-0.05, 0) is 23.3 Å². The third-order valence-electron chi connectivity index (χ3n) is 5.88. The second-order valence-electron chi connectivity index (χ2n) is 8.04. The molecule has 0 N–H and O–H groups in total. The van der Waals surface area contributed by atoms with E-state index >= 15 is 0 Å². The molecule has 4 aromatic rings. The zero-order valence-electron chi connectivity index (χ0n) is 17.4. The standard InChI is InChI=1S/C27H25N3O/c31-26-18-23(20-29(26)19-22-12-5-2-6-13-22)27-28-24-15-7-8-16-25(24)30(27)17-9-14-21-10-3-1-4-11-21/h1-16,23H,17-20H2/b14-9+. The number of aromatic nitrogens is 2. The molecule has 3 aromatic carbocycles. The lowest BCUT2D eigenvalue weighted by atomic mass is 10.1. The summed E-state index contributed by atoms with van der Waals surface area (Å²) >= 11 is 0. The maximum atomic E-state index is 12.8. The molecule has 1 aliphatic heterocycles. The van der Waals surface area contributed by atoms with E-state index in [2.05, 4.69) is 53.1 Å². The molecule has 0 radical (unpaired) electrons. The van der Waals surface area contributed by atoms with E-state index in [1.807, 2.05) is 53.4 Å². The summed E-state index contributed by atoms with van der Waals surface area (Å²) in [4.78, 5) is 19.7. The molecule has 4 heteroatoms. The Morgan fingerprint density at radius 3 is 2.42 bits per heavy atom. The van der Waals surface area contributed by atoms with Gasteiger partial charge in [0.25, 0.3) is 0 Å². The van der Waals surface area contributed by atoms with Crippen LogP contribution in [0, 0.1) is 0 Å². The highest BCUT2D eigenvalue weighted by Gasteiger charge is 2.33. The summed E-state index contributed by atoms with van der Waals surface area (Å²) in [6.07, 6.45) is 4.82. The number of hydrogen-bond acceptors (Lipinski definition) is 2. The smallest absolute Gasteiger partial charge is 0.223 e. The molecular formula is C27H25N3O. The minimum absolute atomic E-state index is 0.105. The fraction of sp³-hybridized carbons (Fsp3) is 0.185. The van der Waals surface area contributed by atoms with E-state index in [9.17, 15) is 4.79 Å². The summed E-state index contributed by atoms with van der Waals surface area (Å²) in [5, 5.41) is 0. The molecule has 1 aliphatic rings. The zero-order chi connectivity index (χ0) is 21.0. The molecule has 0 aliphatic carbocycles. The number of likely N-dealkylation sites (tertiary alicyclic amines) is 1. The van der Waals surface area contributed by atoms with E-state index in [-0.39, 0.29) is 11.8 Å². The lowest BCUT2D eigenvalue weighted by molar-refractivity contribution is -0.128. The van der Waals surface area contributed by atoms with Crippen LogP contribution >= 0.6 is 0 Å². The molecule has 1 fully saturated rings. The monoisotopic (exact) mass is 407 g/mol. The Balaban J connectivity index is 1.41. The second-order valence-corrected chi connectivity index (χ2v) is 8.04. The highest BCUT2D eigenvalue weighted by atomic mass is 16.2. The van der Waals surface area contributed by atoms with Gasteiger partial charge >= 0.3 is 0 Å². The van der Waals surface area contributed by atoms with Gasteiger partial charge in [0.15, 0.2) is 0 Å². The van der Waals surface area contributed by atoms with Crippen LogP contribution in [0.5, 0.6) is 0 Å². The number of imidazole rings is 1. The van der Waals surface area contributed by atoms with Crippen LogP contribution < -0.4 is 0 Å². The van der Waals surface area contributed by atoms with Crippen molar-refractivity contribution in [3.05, 3.63) is 108 Å². The van der Waals surface area contributed by atoms with Crippen molar-refractivity contribution in [3.8, 4) is 0 Å². The lowest BCUT2D eigenvalue weighted by Gasteiger charge is -2.17. The van der Waals surface area contributed by atoms with Gasteiger partial charge < -0.3 is 9.47 Å². The maximum absolute atomic E-state index is 12.8. The Morgan fingerprint density at radius 1 is 0.903 bits per heavy atom. The number of carbonyl (C=O) groups excluding carboxylic acids is 1. The number of amides is 1. The Labute approximate surface area is 182 Å². The third kappa shape index (κ3) is 4.15. The first-order chi connectivity index (χ1) is 15.3. The Morgan fingerprint density at radius 2 is 1.61 bits per heavy atom. The van der Waals surface area contributed by atoms with Crippen molar-refractivity contribution < 1.29 is 4.79 Å². The van der Waals surface area contributed by atoms with Crippen LogP contribution in [0.1, 0.15) is 29.3 Å². The van der Waals surface area contributed by atoms with Crippen LogP contribution in [0.3, 0.4) is 0 Å². The van der Waals surface area contributed by atoms with Gasteiger partial charge in [0.1, 0.15) is 5.82 Å². The van der Waals surface area contributed by atoms with E-state index in [1.165, 1.54) is 5.56 Å². The summed E-state index contributed by atoms with van der Waals surface area (Å²) in [5.74, 6) is 1.31. The average molecular weight is 408 g/mol. The van der Waals surface area contributed by atoms with Gasteiger partial charge in [-0.2, -0.15) is 0 Å². The van der Waals surface area contributed by atoms with Gasteiger partial charge in [0.2, 0.25) is 5.91 Å². The van der Waals surface area contributed by atoms with Crippen molar-refractivity contribution in [1.82, 2.24) is 14.5 Å². The van der Waals surface area contributed by atoms with Crippen molar-refractivity contribution in [2.45, 2.75) is 25.4 Å². The molecule has 4 nitrogen and oxygen atoms in total. The summed E-state index contributed by atoms with van der Waals surface area (Å²) in [7, 11) is 0. The molecule has 0 bridgehead atoms. The van der Waals surface area contributed by atoms with Gasteiger partial charge in [-0.3, -0.25) is 4.79 Å². The highest BCUT2D eigenvalue weighted by molar-refractivity contribution is 5.81. The molecule has 1 atom stereocenters. The predicted molar refractivity (Wildman–Crippen MR) is 124 cm³/mol. The van der Waals surface area contributed by atoms with E-state index in [0.29, 0.717) is 19.5 Å². The second kappa shape index (κ2) is 8.60. The first kappa shape index (κ1) is 19.3. The number of para-hydroxylation sites is 2. The topological polar surface area (TPSA) is 38.1 Å². The van der Waals surface area contributed by atoms with Crippen LogP contribution in [0.25, 0.3) is 17.1 Å². The number of benzene rings is 3. The van der Waals surface area contributed by atoms with Gasteiger partial charge in [0.05, 0.1) is 11.0 Å². The van der Waals surface area contributed by atoms with Gasteiger partial charge in [-0.1, -0.05) is 84.9 Å². The van der Waals surface area contributed by atoms with Gasteiger partial charge in [-0.25, -0.2) is 4.98 Å². The average Bonchev–Trinajstić information content (AvgIpc) is 3.36. The van der Waals surface area contributed by atoms with E-state index < -0.39 is 0 Å². The summed E-state index contributed by atoms with van der Waals surface area (Å²) < 4.78 is 2.26.